The van der Waals surface area contributed by atoms with Crippen LogP contribution in [0.15, 0.2) is 30.8 Å². The van der Waals surface area contributed by atoms with Crippen LogP contribution in [0.5, 0.6) is 0 Å². The van der Waals surface area contributed by atoms with Gasteiger partial charge in [-0.15, -0.1) is 0 Å². The molecule has 112 valence electrons. The highest BCUT2D eigenvalue weighted by molar-refractivity contribution is 6.08. The summed E-state index contributed by atoms with van der Waals surface area (Å²) in [6.07, 6.45) is 0.510. The first kappa shape index (κ1) is 15.3. The fourth-order valence-electron chi connectivity index (χ4n) is 2.72. The third-order valence-corrected chi connectivity index (χ3v) is 3.65. The fourth-order valence-corrected chi connectivity index (χ4v) is 2.72. The average Bonchev–Trinajstić information content (AvgIpc) is 2.62. The van der Waals surface area contributed by atoms with Crippen molar-refractivity contribution in [3.8, 4) is 0 Å². The van der Waals surface area contributed by atoms with Crippen LogP contribution < -0.4 is 0 Å². The Morgan fingerprint density at radius 2 is 1.86 bits per heavy atom. The van der Waals surface area contributed by atoms with Gasteiger partial charge in [-0.2, -0.15) is 0 Å². The Morgan fingerprint density at radius 3 is 2.33 bits per heavy atom. The molecule has 1 amide bonds. The maximum atomic E-state index is 12.4. The third-order valence-electron chi connectivity index (χ3n) is 3.65. The van der Waals surface area contributed by atoms with E-state index in [1.807, 2.05) is 32.9 Å². The molecule has 0 aromatic heterocycles. The minimum atomic E-state index is -0.874. The van der Waals surface area contributed by atoms with Crippen molar-refractivity contribution < 1.29 is 14.7 Å². The van der Waals surface area contributed by atoms with E-state index >= 15 is 0 Å². The summed E-state index contributed by atoms with van der Waals surface area (Å²) in [6.45, 7) is 10.1. The standard InChI is InChI=1S/C17H21NO3/c1-11-13-7-5-6-8-14(13)15(19)18(11)10-12(16(20)21)9-17(2,3)4/h5-8,12H,1,9-10H2,2-4H3,(H,20,21). The second kappa shape index (κ2) is 5.35. The lowest BCUT2D eigenvalue weighted by Crippen LogP contribution is -2.34. The van der Waals surface area contributed by atoms with Crippen LogP contribution >= 0.6 is 0 Å². The van der Waals surface area contributed by atoms with Gasteiger partial charge < -0.3 is 10.0 Å². The molecule has 0 spiro atoms. The summed E-state index contributed by atoms with van der Waals surface area (Å²) < 4.78 is 0. The molecule has 4 nitrogen and oxygen atoms in total. The molecule has 0 aliphatic carbocycles. The van der Waals surface area contributed by atoms with E-state index < -0.39 is 11.9 Å². The second-order valence-electron chi connectivity index (χ2n) is 6.71. The van der Waals surface area contributed by atoms with Gasteiger partial charge in [0.1, 0.15) is 0 Å². The minimum Gasteiger partial charge on any atom is -0.481 e. The Hall–Kier alpha value is -2.10. The molecule has 1 heterocycles. The molecule has 1 aliphatic heterocycles. The van der Waals surface area contributed by atoms with Gasteiger partial charge in [-0.05, 0) is 17.9 Å². The third kappa shape index (κ3) is 3.15. The number of hydrogen-bond donors (Lipinski definition) is 1. The number of rotatable bonds is 4. The summed E-state index contributed by atoms with van der Waals surface area (Å²) in [5.41, 5.74) is 1.88. The lowest BCUT2D eigenvalue weighted by molar-refractivity contribution is -0.143. The van der Waals surface area contributed by atoms with E-state index in [2.05, 4.69) is 6.58 Å². The van der Waals surface area contributed by atoms with Crippen LogP contribution in [0.3, 0.4) is 0 Å². The Labute approximate surface area is 125 Å². The summed E-state index contributed by atoms with van der Waals surface area (Å²) in [5.74, 6) is -1.63. The Kier molecular flexibility index (Phi) is 3.90. The Morgan fingerprint density at radius 1 is 1.29 bits per heavy atom. The van der Waals surface area contributed by atoms with Crippen LogP contribution in [0, 0.1) is 11.3 Å². The Balaban J connectivity index is 2.22. The molecule has 1 aliphatic rings. The van der Waals surface area contributed by atoms with Gasteiger partial charge in [0, 0.05) is 23.4 Å². The zero-order valence-corrected chi connectivity index (χ0v) is 12.7. The van der Waals surface area contributed by atoms with Gasteiger partial charge in [0.2, 0.25) is 0 Å². The number of benzene rings is 1. The van der Waals surface area contributed by atoms with E-state index in [-0.39, 0.29) is 17.9 Å². The number of hydrogen-bond acceptors (Lipinski definition) is 2. The van der Waals surface area contributed by atoms with Crippen LogP contribution in [0.2, 0.25) is 0 Å². The van der Waals surface area contributed by atoms with Gasteiger partial charge in [0.05, 0.1) is 5.92 Å². The molecule has 1 N–H and O–H groups in total. The summed E-state index contributed by atoms with van der Waals surface area (Å²) >= 11 is 0. The molecule has 1 unspecified atom stereocenters. The molecule has 0 bridgehead atoms. The van der Waals surface area contributed by atoms with E-state index in [9.17, 15) is 14.7 Å². The average molecular weight is 287 g/mol. The van der Waals surface area contributed by atoms with Crippen molar-refractivity contribution in [2.45, 2.75) is 27.2 Å². The first-order valence-corrected chi connectivity index (χ1v) is 7.03. The van der Waals surface area contributed by atoms with Crippen molar-refractivity contribution >= 4 is 17.6 Å². The fraction of sp³-hybridized carbons (Fsp3) is 0.412. The molecule has 1 atom stereocenters. The van der Waals surface area contributed by atoms with Gasteiger partial charge in [-0.25, -0.2) is 0 Å². The van der Waals surface area contributed by atoms with E-state index in [4.69, 9.17) is 0 Å². The topological polar surface area (TPSA) is 57.6 Å². The number of carboxylic acid groups (broad SMARTS) is 1. The minimum absolute atomic E-state index is 0.111. The van der Waals surface area contributed by atoms with Crippen molar-refractivity contribution in [1.29, 1.82) is 0 Å². The van der Waals surface area contributed by atoms with Crippen LogP contribution in [-0.4, -0.2) is 28.4 Å². The highest BCUT2D eigenvalue weighted by Gasteiger charge is 2.35. The molecule has 1 aromatic carbocycles. The van der Waals surface area contributed by atoms with Crippen molar-refractivity contribution in [1.82, 2.24) is 4.90 Å². The quantitative estimate of drug-likeness (QED) is 0.924. The van der Waals surface area contributed by atoms with Gasteiger partial charge in [0.25, 0.3) is 5.91 Å². The molecule has 0 fully saturated rings. The molecule has 0 saturated heterocycles. The van der Waals surface area contributed by atoms with E-state index in [0.717, 1.165) is 5.56 Å². The maximum absolute atomic E-state index is 12.4. The largest absolute Gasteiger partial charge is 0.481 e. The Bertz CT molecular complexity index is 563. The van der Waals surface area contributed by atoms with E-state index in [1.165, 1.54) is 4.90 Å². The summed E-state index contributed by atoms with van der Waals surface area (Å²) in [7, 11) is 0. The molecule has 21 heavy (non-hydrogen) atoms. The normalized spacial score (nSPS) is 16.0. The number of nitrogens with zero attached hydrogens (tertiary/aromatic N) is 1. The first-order chi connectivity index (χ1) is 9.70. The highest BCUT2D eigenvalue weighted by Crippen LogP contribution is 2.33. The summed E-state index contributed by atoms with van der Waals surface area (Å²) in [4.78, 5) is 25.4. The van der Waals surface area contributed by atoms with Crippen molar-refractivity contribution in [2.75, 3.05) is 6.54 Å². The summed E-state index contributed by atoms with van der Waals surface area (Å²) in [6, 6.07) is 7.25. The maximum Gasteiger partial charge on any atom is 0.308 e. The lowest BCUT2D eigenvalue weighted by atomic mass is 9.84. The number of fused-ring (bicyclic) bond motifs is 1. The number of carbonyl (C=O) groups is 2. The second-order valence-corrected chi connectivity index (χ2v) is 6.71. The highest BCUT2D eigenvalue weighted by atomic mass is 16.4. The first-order valence-electron chi connectivity index (χ1n) is 7.03. The monoisotopic (exact) mass is 287 g/mol. The van der Waals surface area contributed by atoms with Gasteiger partial charge in [-0.3, -0.25) is 9.59 Å². The van der Waals surface area contributed by atoms with Crippen LogP contribution in [0.25, 0.3) is 5.70 Å². The zero-order chi connectivity index (χ0) is 15.8. The molecule has 2 rings (SSSR count). The smallest absolute Gasteiger partial charge is 0.308 e. The van der Waals surface area contributed by atoms with Crippen LogP contribution in [-0.2, 0) is 4.79 Å². The lowest BCUT2D eigenvalue weighted by Gasteiger charge is -2.27. The molecule has 1 aromatic rings. The van der Waals surface area contributed by atoms with Gasteiger partial charge >= 0.3 is 5.97 Å². The van der Waals surface area contributed by atoms with Gasteiger partial charge in [0.15, 0.2) is 0 Å². The number of amides is 1. The van der Waals surface area contributed by atoms with Crippen molar-refractivity contribution in [3.63, 3.8) is 0 Å². The SMILES string of the molecule is C=C1c2ccccc2C(=O)N1CC(CC(C)(C)C)C(=O)O. The number of carbonyl (C=O) groups excluding carboxylic acids is 1. The molecule has 0 radical (unpaired) electrons. The van der Waals surface area contributed by atoms with E-state index in [1.54, 1.807) is 12.1 Å². The molecular weight excluding hydrogens is 266 g/mol. The molecular formula is C17H21NO3. The van der Waals surface area contributed by atoms with Gasteiger partial charge in [-0.1, -0.05) is 45.5 Å². The predicted molar refractivity (Wildman–Crippen MR) is 81.7 cm³/mol. The van der Waals surface area contributed by atoms with E-state index in [0.29, 0.717) is 17.7 Å². The summed E-state index contributed by atoms with van der Waals surface area (Å²) in [5, 5.41) is 9.42. The van der Waals surface area contributed by atoms with Crippen molar-refractivity contribution in [3.05, 3.63) is 42.0 Å². The zero-order valence-electron chi connectivity index (χ0n) is 12.7. The van der Waals surface area contributed by atoms with Crippen LogP contribution in [0.4, 0.5) is 0 Å². The number of aliphatic carboxylic acids is 1. The predicted octanol–water partition coefficient (Wildman–Crippen LogP) is 3.25. The number of carboxylic acids is 1. The molecule has 0 saturated carbocycles. The van der Waals surface area contributed by atoms with Crippen molar-refractivity contribution in [2.24, 2.45) is 11.3 Å². The molecule has 4 heteroatoms. The van der Waals surface area contributed by atoms with Crippen LogP contribution in [0.1, 0.15) is 43.1 Å².